The normalized spacial score (nSPS) is 10.3. The number of benzene rings is 3. The first-order valence-corrected chi connectivity index (χ1v) is 9.87. The fraction of sp³-hybridized carbons (Fsp3) is 0.136. The van der Waals surface area contributed by atoms with E-state index in [9.17, 15) is 4.79 Å². The van der Waals surface area contributed by atoms with Crippen molar-refractivity contribution in [3.05, 3.63) is 98.5 Å². The van der Waals surface area contributed by atoms with E-state index < -0.39 is 5.97 Å². The van der Waals surface area contributed by atoms with Crippen LogP contribution in [-0.2, 0) is 19.7 Å². The summed E-state index contributed by atoms with van der Waals surface area (Å²) >= 11 is 9.70. The molecular weight excluding hydrogens is 477 g/mol. The summed E-state index contributed by atoms with van der Waals surface area (Å²) in [7, 11) is 0. The van der Waals surface area contributed by atoms with Gasteiger partial charge in [-0.2, -0.15) is 0 Å². The average Bonchev–Trinajstić information content (AvgIpc) is 2.69. The first-order chi connectivity index (χ1) is 13.5. The molecule has 0 saturated carbocycles. The molecule has 2 N–H and O–H groups in total. The third-order valence-corrected chi connectivity index (χ3v) is 5.07. The van der Waals surface area contributed by atoms with Gasteiger partial charge < -0.3 is 15.2 Å². The first kappa shape index (κ1) is 23.2. The standard InChI is InChI=1S/C22H19BrClNO3.ClH/c23-19-9-10-21(28-14-17-3-1-2-4-20(17)24)18(11-19)13-25-12-15-5-7-16(8-6-15)22(26)27;/h1-11,25H,12-14H2,(H,26,27);1H. The van der Waals surface area contributed by atoms with Gasteiger partial charge in [-0.25, -0.2) is 4.79 Å². The van der Waals surface area contributed by atoms with Crippen LogP contribution in [0.4, 0.5) is 0 Å². The molecule has 29 heavy (non-hydrogen) atoms. The minimum atomic E-state index is -0.922. The van der Waals surface area contributed by atoms with Gasteiger partial charge in [-0.05, 0) is 42.0 Å². The van der Waals surface area contributed by atoms with Crippen LogP contribution in [0.1, 0.15) is 27.0 Å². The van der Waals surface area contributed by atoms with Crippen LogP contribution >= 0.6 is 39.9 Å². The zero-order valence-electron chi connectivity index (χ0n) is 15.4. The maximum atomic E-state index is 10.9. The van der Waals surface area contributed by atoms with E-state index in [0.29, 0.717) is 24.7 Å². The molecule has 152 valence electrons. The number of halogens is 3. The van der Waals surface area contributed by atoms with E-state index in [2.05, 4.69) is 21.2 Å². The van der Waals surface area contributed by atoms with Gasteiger partial charge in [-0.1, -0.05) is 57.9 Å². The van der Waals surface area contributed by atoms with E-state index in [0.717, 1.165) is 26.9 Å². The Bertz CT molecular complexity index is 965. The Morgan fingerprint density at radius 2 is 1.72 bits per heavy atom. The SMILES string of the molecule is Cl.O=C(O)c1ccc(CNCc2cc(Br)ccc2OCc2ccccc2Cl)cc1. The molecule has 3 aromatic rings. The van der Waals surface area contributed by atoms with Gasteiger partial charge in [0.25, 0.3) is 0 Å². The van der Waals surface area contributed by atoms with Crippen molar-refractivity contribution in [2.75, 3.05) is 0 Å². The van der Waals surface area contributed by atoms with Crippen LogP contribution in [0.2, 0.25) is 5.02 Å². The number of rotatable bonds is 8. The maximum Gasteiger partial charge on any atom is 0.335 e. The lowest BCUT2D eigenvalue weighted by molar-refractivity contribution is 0.0697. The third kappa shape index (κ3) is 6.75. The number of nitrogens with one attached hydrogen (secondary N) is 1. The van der Waals surface area contributed by atoms with Gasteiger partial charge >= 0.3 is 5.97 Å². The highest BCUT2D eigenvalue weighted by atomic mass is 79.9. The molecule has 0 spiro atoms. The Hall–Kier alpha value is -2.05. The molecule has 7 heteroatoms. The minimum Gasteiger partial charge on any atom is -0.489 e. The second-order valence-corrected chi connectivity index (χ2v) is 7.56. The zero-order valence-corrected chi connectivity index (χ0v) is 18.6. The van der Waals surface area contributed by atoms with Gasteiger partial charge in [0.15, 0.2) is 0 Å². The Kier molecular flexibility index (Phi) is 8.99. The van der Waals surface area contributed by atoms with E-state index in [4.69, 9.17) is 21.4 Å². The quantitative estimate of drug-likeness (QED) is 0.396. The van der Waals surface area contributed by atoms with Gasteiger partial charge in [0.1, 0.15) is 12.4 Å². The summed E-state index contributed by atoms with van der Waals surface area (Å²) in [4.78, 5) is 10.9. The largest absolute Gasteiger partial charge is 0.489 e. The van der Waals surface area contributed by atoms with E-state index >= 15 is 0 Å². The Balaban J connectivity index is 0.00000300. The summed E-state index contributed by atoms with van der Waals surface area (Å²) in [6.45, 7) is 1.62. The van der Waals surface area contributed by atoms with Gasteiger partial charge in [-0.3, -0.25) is 0 Å². The van der Waals surface area contributed by atoms with E-state index in [1.807, 2.05) is 54.6 Å². The molecule has 0 radical (unpaired) electrons. The summed E-state index contributed by atoms with van der Waals surface area (Å²) in [5.74, 6) is -0.134. The van der Waals surface area contributed by atoms with Crippen LogP contribution < -0.4 is 10.1 Å². The van der Waals surface area contributed by atoms with Crippen LogP contribution in [0, 0.1) is 0 Å². The first-order valence-electron chi connectivity index (χ1n) is 8.70. The van der Waals surface area contributed by atoms with E-state index in [1.54, 1.807) is 12.1 Å². The van der Waals surface area contributed by atoms with Crippen LogP contribution in [0.15, 0.2) is 71.2 Å². The summed E-state index contributed by atoms with van der Waals surface area (Å²) in [6.07, 6.45) is 0. The molecule has 0 unspecified atom stereocenters. The number of carbonyl (C=O) groups is 1. The van der Waals surface area contributed by atoms with Gasteiger partial charge in [0.05, 0.1) is 5.56 Å². The molecule has 0 aliphatic carbocycles. The molecular formula is C22H20BrCl2NO3. The fourth-order valence-electron chi connectivity index (χ4n) is 2.70. The summed E-state index contributed by atoms with van der Waals surface area (Å²) in [5.41, 5.74) is 3.25. The van der Waals surface area contributed by atoms with Crippen molar-refractivity contribution in [2.24, 2.45) is 0 Å². The third-order valence-electron chi connectivity index (χ3n) is 4.21. The van der Waals surface area contributed by atoms with Crippen LogP contribution in [0.5, 0.6) is 5.75 Å². The molecule has 3 rings (SSSR count). The topological polar surface area (TPSA) is 58.6 Å². The second-order valence-electron chi connectivity index (χ2n) is 6.24. The minimum absolute atomic E-state index is 0. The number of ether oxygens (including phenoxy) is 1. The monoisotopic (exact) mass is 495 g/mol. The molecule has 3 aromatic carbocycles. The van der Waals surface area contributed by atoms with E-state index in [-0.39, 0.29) is 18.0 Å². The number of hydrogen-bond acceptors (Lipinski definition) is 3. The molecule has 0 aromatic heterocycles. The molecule has 4 nitrogen and oxygen atoms in total. The smallest absolute Gasteiger partial charge is 0.335 e. The van der Waals surface area contributed by atoms with E-state index in [1.165, 1.54) is 0 Å². The molecule has 0 amide bonds. The molecule has 0 aliphatic heterocycles. The van der Waals surface area contributed by atoms with Crippen molar-refractivity contribution in [3.63, 3.8) is 0 Å². The second kappa shape index (κ2) is 11.2. The van der Waals surface area contributed by atoms with Crippen molar-refractivity contribution in [3.8, 4) is 5.75 Å². The lowest BCUT2D eigenvalue weighted by Gasteiger charge is -2.14. The highest BCUT2D eigenvalue weighted by Crippen LogP contribution is 2.25. The van der Waals surface area contributed by atoms with Gasteiger partial charge in [0.2, 0.25) is 0 Å². The fourth-order valence-corrected chi connectivity index (χ4v) is 3.30. The Labute approximate surface area is 189 Å². The van der Waals surface area contributed by atoms with Crippen molar-refractivity contribution < 1.29 is 14.6 Å². The van der Waals surface area contributed by atoms with Gasteiger partial charge in [-0.15, -0.1) is 12.4 Å². The summed E-state index contributed by atoms with van der Waals surface area (Å²) < 4.78 is 6.97. The molecule has 0 saturated heterocycles. The van der Waals surface area contributed by atoms with Crippen LogP contribution in [-0.4, -0.2) is 11.1 Å². The van der Waals surface area contributed by atoms with Gasteiger partial charge in [0, 0.05) is 33.7 Å². The van der Waals surface area contributed by atoms with Crippen molar-refractivity contribution in [1.29, 1.82) is 0 Å². The molecule has 0 bridgehead atoms. The summed E-state index contributed by atoms with van der Waals surface area (Å²) in [6, 6.07) is 20.3. The highest BCUT2D eigenvalue weighted by molar-refractivity contribution is 9.10. The number of carboxylic acids is 1. The lowest BCUT2D eigenvalue weighted by Crippen LogP contribution is -2.14. The number of hydrogen-bond donors (Lipinski definition) is 2. The molecule has 0 aliphatic rings. The maximum absolute atomic E-state index is 10.9. The summed E-state index contributed by atoms with van der Waals surface area (Å²) in [5, 5.41) is 13.0. The highest BCUT2D eigenvalue weighted by Gasteiger charge is 2.07. The Morgan fingerprint density at radius 1 is 1.00 bits per heavy atom. The molecule has 0 fully saturated rings. The average molecular weight is 497 g/mol. The Morgan fingerprint density at radius 3 is 2.41 bits per heavy atom. The van der Waals surface area contributed by atoms with Crippen molar-refractivity contribution >= 4 is 45.9 Å². The molecule has 0 heterocycles. The lowest BCUT2D eigenvalue weighted by atomic mass is 10.1. The van der Waals surface area contributed by atoms with Crippen LogP contribution in [0.3, 0.4) is 0 Å². The van der Waals surface area contributed by atoms with Crippen molar-refractivity contribution in [1.82, 2.24) is 5.32 Å². The predicted octanol–water partition coefficient (Wildman–Crippen LogP) is 6.09. The number of aromatic carboxylic acids is 1. The zero-order chi connectivity index (χ0) is 19.9. The number of carboxylic acid groups (broad SMARTS) is 1. The van der Waals surface area contributed by atoms with Crippen molar-refractivity contribution in [2.45, 2.75) is 19.7 Å². The van der Waals surface area contributed by atoms with Crippen LogP contribution in [0.25, 0.3) is 0 Å². The molecule has 0 atom stereocenters. The predicted molar refractivity (Wildman–Crippen MR) is 121 cm³/mol.